The summed E-state index contributed by atoms with van der Waals surface area (Å²) >= 11 is 6.98. The van der Waals surface area contributed by atoms with E-state index in [2.05, 4.69) is 4.74 Å². The third-order valence-electron chi connectivity index (χ3n) is 3.55. The number of rotatable bonds is 6. The van der Waals surface area contributed by atoms with E-state index in [4.69, 9.17) is 16.3 Å². The zero-order valence-corrected chi connectivity index (χ0v) is 15.6. The quantitative estimate of drug-likeness (QED) is 0.550. The monoisotopic (exact) mass is 383 g/mol. The van der Waals surface area contributed by atoms with E-state index in [9.17, 15) is 14.4 Å². The maximum absolute atomic E-state index is 12.3. The summed E-state index contributed by atoms with van der Waals surface area (Å²) in [7, 11) is 1.20. The number of halogens is 1. The first-order valence-corrected chi connectivity index (χ1v) is 8.83. The molecule has 25 heavy (non-hydrogen) atoms. The van der Waals surface area contributed by atoms with Gasteiger partial charge >= 0.3 is 5.97 Å². The molecule has 0 bridgehead atoms. The van der Waals surface area contributed by atoms with Gasteiger partial charge in [-0.05, 0) is 48.9 Å². The molecule has 1 aliphatic rings. The molecule has 134 valence electrons. The molecule has 1 unspecified atom stereocenters. The lowest BCUT2D eigenvalue weighted by Gasteiger charge is -2.14. The fourth-order valence-electron chi connectivity index (χ4n) is 1.98. The fourth-order valence-corrected chi connectivity index (χ4v) is 3.06. The molecular weight excluding hydrogens is 366 g/mol. The van der Waals surface area contributed by atoms with Crippen molar-refractivity contribution in [2.45, 2.75) is 26.4 Å². The second-order valence-corrected chi connectivity index (χ2v) is 6.77. The van der Waals surface area contributed by atoms with Crippen molar-refractivity contribution in [2.24, 2.45) is 0 Å². The Bertz CT molecular complexity index is 734. The second-order valence-electron chi connectivity index (χ2n) is 5.37. The summed E-state index contributed by atoms with van der Waals surface area (Å²) in [6.07, 6.45) is 2.45. The van der Waals surface area contributed by atoms with Crippen LogP contribution >= 0.6 is 23.4 Å². The number of carbonyl (C=O) groups excluding carboxylic acids is 3. The van der Waals surface area contributed by atoms with E-state index in [0.29, 0.717) is 16.3 Å². The molecule has 1 fully saturated rings. The number of hydrogen-bond donors (Lipinski definition) is 0. The van der Waals surface area contributed by atoms with Crippen LogP contribution < -0.4 is 4.74 Å². The van der Waals surface area contributed by atoms with Gasteiger partial charge in [-0.1, -0.05) is 24.6 Å². The van der Waals surface area contributed by atoms with E-state index < -0.39 is 23.7 Å². The van der Waals surface area contributed by atoms with Crippen LogP contribution in [0.2, 0.25) is 5.02 Å². The lowest BCUT2D eigenvalue weighted by molar-refractivity contribution is -0.143. The zero-order chi connectivity index (χ0) is 18.6. The minimum Gasteiger partial charge on any atom is -0.489 e. The van der Waals surface area contributed by atoms with E-state index in [1.807, 2.05) is 13.8 Å². The molecule has 6 nitrogen and oxygen atoms in total. The van der Waals surface area contributed by atoms with Crippen molar-refractivity contribution < 1.29 is 23.9 Å². The van der Waals surface area contributed by atoms with Gasteiger partial charge in [0.15, 0.2) is 0 Å². The molecule has 0 saturated carbocycles. The van der Waals surface area contributed by atoms with Gasteiger partial charge in [0.2, 0.25) is 0 Å². The third kappa shape index (κ3) is 4.76. The normalized spacial score (nSPS) is 17.1. The van der Waals surface area contributed by atoms with Crippen LogP contribution in [0.4, 0.5) is 4.79 Å². The minimum absolute atomic E-state index is 0.0400. The number of imide groups is 1. The molecule has 1 atom stereocenters. The molecule has 0 spiro atoms. The Hall–Kier alpha value is -1.99. The van der Waals surface area contributed by atoms with Crippen LogP contribution in [-0.4, -0.2) is 41.8 Å². The molecule has 1 heterocycles. The number of nitrogens with zero attached hydrogens (tertiary/aromatic N) is 1. The average molecular weight is 384 g/mol. The number of amides is 2. The van der Waals surface area contributed by atoms with Crippen molar-refractivity contribution in [1.29, 1.82) is 0 Å². The van der Waals surface area contributed by atoms with Gasteiger partial charge in [0.25, 0.3) is 11.1 Å². The van der Waals surface area contributed by atoms with E-state index >= 15 is 0 Å². The Morgan fingerprint density at radius 1 is 1.40 bits per heavy atom. The first-order valence-electron chi connectivity index (χ1n) is 7.64. The molecular formula is C17H18ClNO5S. The number of esters is 1. The highest BCUT2D eigenvalue weighted by molar-refractivity contribution is 8.18. The van der Waals surface area contributed by atoms with Gasteiger partial charge in [0.1, 0.15) is 12.3 Å². The molecule has 1 aromatic rings. The molecule has 2 amide bonds. The molecule has 0 aromatic heterocycles. The lowest BCUT2D eigenvalue weighted by atomic mass is 10.2. The van der Waals surface area contributed by atoms with Gasteiger partial charge in [0.05, 0.1) is 23.1 Å². The summed E-state index contributed by atoms with van der Waals surface area (Å²) in [5.74, 6) is -0.624. The average Bonchev–Trinajstić information content (AvgIpc) is 2.84. The number of hydrogen-bond acceptors (Lipinski definition) is 6. The molecule has 1 saturated heterocycles. The first-order chi connectivity index (χ1) is 11.8. The van der Waals surface area contributed by atoms with Gasteiger partial charge in [-0.2, -0.15) is 0 Å². The van der Waals surface area contributed by atoms with Gasteiger partial charge < -0.3 is 9.47 Å². The Kier molecular flexibility index (Phi) is 6.50. The van der Waals surface area contributed by atoms with Crippen LogP contribution in [0.5, 0.6) is 5.75 Å². The minimum atomic E-state index is -0.654. The van der Waals surface area contributed by atoms with Gasteiger partial charge in [0, 0.05) is 0 Å². The maximum Gasteiger partial charge on any atom is 0.325 e. The topological polar surface area (TPSA) is 72.9 Å². The number of methoxy groups -OCH3 is 1. The van der Waals surface area contributed by atoms with E-state index in [-0.39, 0.29) is 11.0 Å². The summed E-state index contributed by atoms with van der Waals surface area (Å²) < 4.78 is 10.2. The van der Waals surface area contributed by atoms with Crippen molar-refractivity contribution in [3.05, 3.63) is 33.7 Å². The summed E-state index contributed by atoms with van der Waals surface area (Å²) in [5, 5.41) is -0.0905. The number of carbonyl (C=O) groups is 3. The molecule has 2 rings (SSSR count). The standard InChI is InChI=1S/C17H18ClNO5S/c1-4-10(2)24-13-6-5-11(7-12(13)18)8-14-16(21)19(17(22)25-14)9-15(20)23-3/h5-8,10H,4,9H2,1-3H3. The van der Waals surface area contributed by atoms with Crippen LogP contribution in [-0.2, 0) is 14.3 Å². The van der Waals surface area contributed by atoms with Gasteiger partial charge in [-0.3, -0.25) is 19.3 Å². The molecule has 0 N–H and O–H groups in total. The van der Waals surface area contributed by atoms with Crippen LogP contribution in [0.1, 0.15) is 25.8 Å². The lowest BCUT2D eigenvalue weighted by Crippen LogP contribution is -2.34. The van der Waals surface area contributed by atoms with E-state index in [1.54, 1.807) is 24.3 Å². The van der Waals surface area contributed by atoms with Crippen LogP contribution in [0, 0.1) is 0 Å². The first kappa shape index (κ1) is 19.3. The largest absolute Gasteiger partial charge is 0.489 e. The summed E-state index contributed by atoms with van der Waals surface area (Å²) in [5.41, 5.74) is 0.657. The molecule has 0 aliphatic carbocycles. The van der Waals surface area contributed by atoms with Crippen LogP contribution in [0.3, 0.4) is 0 Å². The van der Waals surface area contributed by atoms with Gasteiger partial charge in [-0.25, -0.2) is 0 Å². The zero-order valence-electron chi connectivity index (χ0n) is 14.1. The van der Waals surface area contributed by atoms with Crippen molar-refractivity contribution >= 4 is 46.6 Å². The Balaban J connectivity index is 2.17. The predicted molar refractivity (Wildman–Crippen MR) is 96.5 cm³/mol. The predicted octanol–water partition coefficient (Wildman–Crippen LogP) is 3.73. The molecule has 1 aromatic carbocycles. The highest BCUT2D eigenvalue weighted by Crippen LogP contribution is 2.34. The molecule has 8 heteroatoms. The summed E-state index contributed by atoms with van der Waals surface area (Å²) in [4.78, 5) is 36.5. The fraction of sp³-hybridized carbons (Fsp3) is 0.353. The number of thioether (sulfide) groups is 1. The smallest absolute Gasteiger partial charge is 0.325 e. The molecule has 1 aliphatic heterocycles. The number of benzene rings is 1. The maximum atomic E-state index is 12.3. The van der Waals surface area contributed by atoms with Crippen molar-refractivity contribution in [3.63, 3.8) is 0 Å². The van der Waals surface area contributed by atoms with Crippen LogP contribution in [0.15, 0.2) is 23.1 Å². The second kappa shape index (κ2) is 8.40. The highest BCUT2D eigenvalue weighted by atomic mass is 35.5. The third-order valence-corrected chi connectivity index (χ3v) is 4.75. The van der Waals surface area contributed by atoms with E-state index in [0.717, 1.165) is 23.1 Å². The summed E-state index contributed by atoms with van der Waals surface area (Å²) in [6.45, 7) is 3.56. The van der Waals surface area contributed by atoms with Gasteiger partial charge in [-0.15, -0.1) is 0 Å². The van der Waals surface area contributed by atoms with Crippen molar-refractivity contribution in [2.75, 3.05) is 13.7 Å². The SMILES string of the molecule is CCC(C)Oc1ccc(C=C2SC(=O)N(CC(=O)OC)C2=O)cc1Cl. The molecule has 0 radical (unpaired) electrons. The highest BCUT2D eigenvalue weighted by Gasteiger charge is 2.36. The van der Waals surface area contributed by atoms with Crippen molar-refractivity contribution in [1.82, 2.24) is 4.90 Å². The van der Waals surface area contributed by atoms with Crippen molar-refractivity contribution in [3.8, 4) is 5.75 Å². The summed E-state index contributed by atoms with van der Waals surface area (Å²) in [6, 6.07) is 5.13. The Morgan fingerprint density at radius 3 is 2.72 bits per heavy atom. The van der Waals surface area contributed by atoms with Crippen LogP contribution in [0.25, 0.3) is 6.08 Å². The Morgan fingerprint density at radius 2 is 2.12 bits per heavy atom. The number of ether oxygens (including phenoxy) is 2. The van der Waals surface area contributed by atoms with E-state index in [1.165, 1.54) is 7.11 Å². The Labute approximate surface area is 155 Å².